The molecule has 0 unspecified atom stereocenters. The number of esters is 1. The largest absolute Gasteiger partial charge is 0.494 e. The van der Waals surface area contributed by atoms with Crippen molar-refractivity contribution in [3.63, 3.8) is 0 Å². The van der Waals surface area contributed by atoms with E-state index in [1.54, 1.807) is 18.0 Å². The molecular weight excluding hydrogens is 489 g/mol. The fourth-order valence-corrected chi connectivity index (χ4v) is 5.27. The van der Waals surface area contributed by atoms with Gasteiger partial charge in [-0.25, -0.2) is 9.10 Å². The van der Waals surface area contributed by atoms with E-state index in [-0.39, 0.29) is 0 Å². The highest BCUT2D eigenvalue weighted by Gasteiger charge is 2.51. The Labute approximate surface area is 222 Å². The van der Waals surface area contributed by atoms with Gasteiger partial charge in [0.1, 0.15) is 0 Å². The van der Waals surface area contributed by atoms with E-state index in [0.29, 0.717) is 24.5 Å². The zero-order valence-corrected chi connectivity index (χ0v) is 22.7. The van der Waals surface area contributed by atoms with Crippen LogP contribution < -0.4 is 10.8 Å². The number of benzene rings is 2. The van der Waals surface area contributed by atoms with Crippen molar-refractivity contribution in [3.05, 3.63) is 54.2 Å². The van der Waals surface area contributed by atoms with E-state index in [1.807, 2.05) is 64.2 Å². The molecule has 8 nitrogen and oxygen atoms in total. The molecule has 2 aromatic carbocycles. The Hall–Kier alpha value is -2.63. The van der Waals surface area contributed by atoms with Crippen LogP contribution in [0.25, 0.3) is 10.9 Å². The Morgan fingerprint density at radius 2 is 1.78 bits per heavy atom. The number of para-hydroxylation sites is 1. The molecule has 2 saturated heterocycles. The molecule has 5 rings (SSSR count). The molecule has 10 heteroatoms. The number of methoxy groups -OCH3 is 1. The Balaban J connectivity index is 1.60. The molecule has 3 aromatic rings. The van der Waals surface area contributed by atoms with Crippen molar-refractivity contribution < 1.29 is 23.6 Å². The normalized spacial score (nSPS) is 19.2. The molecule has 1 aromatic heterocycles. The molecule has 1 N–H and O–H groups in total. The summed E-state index contributed by atoms with van der Waals surface area (Å²) in [4.78, 5) is 18.2. The summed E-state index contributed by atoms with van der Waals surface area (Å²) >= 11 is 1.63. The summed E-state index contributed by atoms with van der Waals surface area (Å²) < 4.78 is 25.5. The van der Waals surface area contributed by atoms with E-state index in [2.05, 4.69) is 15.7 Å². The first-order valence-corrected chi connectivity index (χ1v) is 13.2. The molecule has 2 fully saturated rings. The van der Waals surface area contributed by atoms with Crippen LogP contribution >= 0.6 is 11.9 Å². The molecule has 0 atom stereocenters. The minimum absolute atomic E-state index is 0.401. The third-order valence-electron chi connectivity index (χ3n) is 7.17. The van der Waals surface area contributed by atoms with Crippen LogP contribution in [-0.4, -0.2) is 67.0 Å². The molecule has 3 heterocycles. The van der Waals surface area contributed by atoms with Crippen LogP contribution in [0.5, 0.6) is 0 Å². The number of fused-ring (bicyclic) bond motifs is 1. The van der Waals surface area contributed by atoms with Crippen LogP contribution in [0.2, 0.25) is 0 Å². The van der Waals surface area contributed by atoms with Crippen molar-refractivity contribution in [1.82, 2.24) is 9.29 Å². The Bertz CT molecular complexity index is 1300. The average Bonchev–Trinajstić information content (AvgIpc) is 3.12. The van der Waals surface area contributed by atoms with Gasteiger partial charge < -0.3 is 24.1 Å². The highest BCUT2D eigenvalue weighted by atomic mass is 32.2. The summed E-state index contributed by atoms with van der Waals surface area (Å²) in [5.41, 5.74) is 2.82. The smallest absolute Gasteiger partial charge is 0.465 e. The second-order valence-electron chi connectivity index (χ2n) is 10.2. The quantitative estimate of drug-likeness (QED) is 0.288. The Morgan fingerprint density at radius 1 is 1.08 bits per heavy atom. The van der Waals surface area contributed by atoms with Gasteiger partial charge >= 0.3 is 13.1 Å². The Morgan fingerprint density at radius 3 is 2.49 bits per heavy atom. The topological polar surface area (TPSA) is 82.2 Å². The molecular formula is C27H32BN3O5S. The van der Waals surface area contributed by atoms with Crippen molar-refractivity contribution in [3.8, 4) is 0 Å². The molecule has 37 heavy (non-hydrogen) atoms. The van der Waals surface area contributed by atoms with Gasteiger partial charge in [0.15, 0.2) is 0 Å². The van der Waals surface area contributed by atoms with Crippen LogP contribution in [0.3, 0.4) is 0 Å². The predicted molar refractivity (Wildman–Crippen MR) is 147 cm³/mol. The summed E-state index contributed by atoms with van der Waals surface area (Å²) in [5, 5.41) is 4.45. The van der Waals surface area contributed by atoms with E-state index in [0.717, 1.165) is 40.0 Å². The minimum Gasteiger partial charge on any atom is -0.465 e. The number of pyridine rings is 1. The zero-order valence-electron chi connectivity index (χ0n) is 21.9. The zero-order chi connectivity index (χ0) is 26.2. The maximum absolute atomic E-state index is 12.5. The van der Waals surface area contributed by atoms with Gasteiger partial charge in [-0.15, -0.1) is 0 Å². The number of hydrogen-bond acceptors (Lipinski definition) is 9. The van der Waals surface area contributed by atoms with Gasteiger partial charge in [0.05, 0.1) is 58.9 Å². The summed E-state index contributed by atoms with van der Waals surface area (Å²) in [7, 11) is 0.887. The summed E-state index contributed by atoms with van der Waals surface area (Å²) in [6.45, 7) is 11.2. The number of nitrogens with one attached hydrogen (secondary N) is 1. The number of anilines is 2. The van der Waals surface area contributed by atoms with E-state index in [9.17, 15) is 4.79 Å². The standard InChI is InChI=1S/C27H32BN3O5S/c1-26(2)27(3,4)36-28(35-26)18-10-11-21-20(16-18)24(23(17-29-21)37-31-12-14-34-15-13-31)30-22-9-7-6-8-19(22)25(32)33-5/h6-11,16-17H,12-15H2,1-5H3,(H,29,30). The second-order valence-corrected chi connectivity index (χ2v) is 11.3. The number of nitrogens with zero attached hydrogens (tertiary/aromatic N) is 2. The third-order valence-corrected chi connectivity index (χ3v) is 8.30. The monoisotopic (exact) mass is 521 g/mol. The van der Waals surface area contributed by atoms with Crippen molar-refractivity contribution in [2.45, 2.75) is 43.8 Å². The van der Waals surface area contributed by atoms with Gasteiger partial charge in [-0.2, -0.15) is 0 Å². The van der Waals surface area contributed by atoms with Gasteiger partial charge in [-0.3, -0.25) is 4.98 Å². The molecule has 0 saturated carbocycles. The van der Waals surface area contributed by atoms with Crippen molar-refractivity contribution in [2.24, 2.45) is 0 Å². The lowest BCUT2D eigenvalue weighted by Gasteiger charge is -2.32. The first-order valence-electron chi connectivity index (χ1n) is 12.4. The fourth-order valence-electron chi connectivity index (χ4n) is 4.31. The number of rotatable bonds is 6. The molecule has 0 radical (unpaired) electrons. The van der Waals surface area contributed by atoms with Gasteiger partial charge in [-0.1, -0.05) is 24.3 Å². The summed E-state index contributed by atoms with van der Waals surface area (Å²) in [5.74, 6) is -0.401. The van der Waals surface area contributed by atoms with Crippen molar-refractivity contribution in [1.29, 1.82) is 0 Å². The van der Waals surface area contributed by atoms with Crippen LogP contribution in [-0.2, 0) is 18.8 Å². The maximum atomic E-state index is 12.5. The second kappa shape index (κ2) is 10.3. The number of carbonyl (C=O) groups is 1. The summed E-state index contributed by atoms with van der Waals surface area (Å²) in [6.07, 6.45) is 1.88. The highest BCUT2D eigenvalue weighted by molar-refractivity contribution is 7.97. The molecule has 0 bridgehead atoms. The first-order chi connectivity index (χ1) is 17.7. The van der Waals surface area contributed by atoms with Gasteiger partial charge in [0, 0.05) is 24.7 Å². The number of hydrogen-bond donors (Lipinski definition) is 1. The van der Waals surface area contributed by atoms with Crippen LogP contribution in [0.1, 0.15) is 38.1 Å². The maximum Gasteiger partial charge on any atom is 0.494 e. The molecule has 194 valence electrons. The lowest BCUT2D eigenvalue weighted by Crippen LogP contribution is -2.41. The number of carbonyl (C=O) groups excluding carboxylic acids is 1. The van der Waals surface area contributed by atoms with Crippen molar-refractivity contribution >= 4 is 52.8 Å². The lowest BCUT2D eigenvalue weighted by molar-refractivity contribution is 0.00578. The van der Waals surface area contributed by atoms with Crippen molar-refractivity contribution in [2.75, 3.05) is 38.7 Å². The average molecular weight is 521 g/mol. The van der Waals surface area contributed by atoms with E-state index < -0.39 is 24.3 Å². The van der Waals surface area contributed by atoms with Crippen LogP contribution in [0.15, 0.2) is 53.6 Å². The molecule has 0 spiro atoms. The van der Waals surface area contributed by atoms with Gasteiger partial charge in [-0.05, 0) is 63.3 Å². The highest BCUT2D eigenvalue weighted by Crippen LogP contribution is 2.39. The van der Waals surface area contributed by atoms with Gasteiger partial charge in [0.25, 0.3) is 0 Å². The third kappa shape index (κ3) is 5.21. The van der Waals surface area contributed by atoms with Crippen LogP contribution in [0, 0.1) is 0 Å². The molecule has 2 aliphatic heterocycles. The van der Waals surface area contributed by atoms with Gasteiger partial charge in [0.2, 0.25) is 0 Å². The van der Waals surface area contributed by atoms with Crippen LogP contribution in [0.4, 0.5) is 11.4 Å². The predicted octanol–water partition coefficient (Wildman–Crippen LogP) is 4.40. The fraction of sp³-hybridized carbons (Fsp3) is 0.407. The molecule has 2 aliphatic rings. The van der Waals surface area contributed by atoms with E-state index in [1.165, 1.54) is 7.11 Å². The first kappa shape index (κ1) is 26.0. The lowest BCUT2D eigenvalue weighted by atomic mass is 9.78. The number of morpholine rings is 1. The number of aromatic nitrogens is 1. The SMILES string of the molecule is COC(=O)c1ccccc1Nc1c(SN2CCOCC2)cnc2ccc(B3OC(C)(C)C(C)(C)O3)cc12. The minimum atomic E-state index is -0.500. The molecule has 0 amide bonds. The Kier molecular flexibility index (Phi) is 7.21. The summed E-state index contributed by atoms with van der Waals surface area (Å²) in [6, 6.07) is 13.4. The van der Waals surface area contributed by atoms with E-state index >= 15 is 0 Å². The van der Waals surface area contributed by atoms with E-state index in [4.69, 9.17) is 23.8 Å². The number of ether oxygens (including phenoxy) is 2. The molecule has 0 aliphatic carbocycles.